The van der Waals surface area contributed by atoms with Gasteiger partial charge in [-0.1, -0.05) is 12.1 Å². The zero-order chi connectivity index (χ0) is 18.3. The van der Waals surface area contributed by atoms with Crippen LogP contribution in [0.4, 0.5) is 5.69 Å². The van der Waals surface area contributed by atoms with Crippen LogP contribution >= 0.6 is 34.3 Å². The van der Waals surface area contributed by atoms with E-state index in [0.717, 1.165) is 21.6 Å². The van der Waals surface area contributed by atoms with Gasteiger partial charge in [-0.25, -0.2) is 13.4 Å². The molecule has 0 fully saturated rings. The van der Waals surface area contributed by atoms with E-state index in [1.165, 1.54) is 27.0 Å². The van der Waals surface area contributed by atoms with Gasteiger partial charge in [0.15, 0.2) is 0 Å². The standard InChI is InChI=1S/C17H14ClN3O2S3/c1-21(26(22,23)15-5-7-24-14(15)10-18)13-4-2-3-11-9-12(20-16(11)13)17-19-6-8-25-17/h2-9,20H,10H2,1H3. The van der Waals surface area contributed by atoms with Gasteiger partial charge in [0, 0.05) is 28.9 Å². The summed E-state index contributed by atoms with van der Waals surface area (Å²) in [6, 6.07) is 9.16. The highest BCUT2D eigenvalue weighted by atomic mass is 35.5. The van der Waals surface area contributed by atoms with Crippen molar-refractivity contribution in [3.8, 4) is 10.7 Å². The second-order valence-corrected chi connectivity index (χ2v) is 9.68. The van der Waals surface area contributed by atoms with E-state index in [2.05, 4.69) is 9.97 Å². The predicted molar refractivity (Wildman–Crippen MR) is 109 cm³/mol. The Hall–Kier alpha value is -1.87. The van der Waals surface area contributed by atoms with E-state index in [9.17, 15) is 8.42 Å². The number of thiazole rings is 1. The number of aromatic amines is 1. The van der Waals surface area contributed by atoms with Crippen molar-refractivity contribution in [3.63, 3.8) is 0 Å². The van der Waals surface area contributed by atoms with E-state index in [1.807, 2.05) is 23.6 Å². The van der Waals surface area contributed by atoms with Crippen LogP contribution in [0.15, 0.2) is 52.2 Å². The first-order valence-corrected chi connectivity index (χ1v) is 11.4. The Labute approximate surface area is 163 Å². The summed E-state index contributed by atoms with van der Waals surface area (Å²) in [7, 11) is -2.14. The van der Waals surface area contributed by atoms with Crippen LogP contribution in [0.3, 0.4) is 0 Å². The van der Waals surface area contributed by atoms with Gasteiger partial charge >= 0.3 is 0 Å². The van der Waals surface area contributed by atoms with Gasteiger partial charge in [-0.3, -0.25) is 4.31 Å². The lowest BCUT2D eigenvalue weighted by Crippen LogP contribution is -2.27. The normalized spacial score (nSPS) is 11.9. The number of thiophene rings is 1. The van der Waals surface area contributed by atoms with Crippen molar-refractivity contribution >= 4 is 60.9 Å². The fraction of sp³-hybridized carbons (Fsp3) is 0.118. The van der Waals surface area contributed by atoms with Gasteiger partial charge in [-0.2, -0.15) is 0 Å². The van der Waals surface area contributed by atoms with Gasteiger partial charge in [0.25, 0.3) is 10.0 Å². The van der Waals surface area contributed by atoms with Crippen molar-refractivity contribution < 1.29 is 8.42 Å². The molecule has 0 atom stereocenters. The number of anilines is 1. The summed E-state index contributed by atoms with van der Waals surface area (Å²) < 4.78 is 27.5. The SMILES string of the molecule is CN(c1cccc2cc(-c3nccs3)[nH]c12)S(=O)(=O)c1ccsc1CCl. The molecule has 0 amide bonds. The molecule has 0 spiro atoms. The summed E-state index contributed by atoms with van der Waals surface area (Å²) >= 11 is 8.77. The van der Waals surface area contributed by atoms with Crippen LogP contribution < -0.4 is 4.31 Å². The molecule has 0 saturated carbocycles. The highest BCUT2D eigenvalue weighted by Crippen LogP contribution is 2.34. The number of benzene rings is 1. The average molecular weight is 424 g/mol. The van der Waals surface area contributed by atoms with Crippen molar-refractivity contribution in [3.05, 3.63) is 52.2 Å². The maximum atomic E-state index is 13.1. The Balaban J connectivity index is 1.83. The molecule has 1 N–H and O–H groups in total. The zero-order valence-corrected chi connectivity index (χ0v) is 16.8. The number of halogens is 1. The highest BCUT2D eigenvalue weighted by Gasteiger charge is 2.26. The Morgan fingerprint density at radius 3 is 2.81 bits per heavy atom. The molecule has 0 saturated heterocycles. The highest BCUT2D eigenvalue weighted by molar-refractivity contribution is 7.93. The van der Waals surface area contributed by atoms with E-state index in [4.69, 9.17) is 11.6 Å². The molecule has 0 aliphatic carbocycles. The molecule has 26 heavy (non-hydrogen) atoms. The molecule has 3 aromatic heterocycles. The maximum absolute atomic E-state index is 13.1. The zero-order valence-electron chi connectivity index (χ0n) is 13.6. The van der Waals surface area contributed by atoms with Gasteiger partial charge < -0.3 is 4.98 Å². The number of aromatic nitrogens is 2. The van der Waals surface area contributed by atoms with Crippen LogP contribution in [0.25, 0.3) is 21.6 Å². The van der Waals surface area contributed by atoms with Crippen LogP contribution in [-0.4, -0.2) is 25.4 Å². The maximum Gasteiger partial charge on any atom is 0.265 e. The number of H-pyrrole nitrogens is 1. The van der Waals surface area contributed by atoms with Crippen LogP contribution in [0, 0.1) is 0 Å². The summed E-state index contributed by atoms with van der Waals surface area (Å²) in [6.45, 7) is 0. The first-order chi connectivity index (χ1) is 12.5. The molecule has 0 radical (unpaired) electrons. The minimum Gasteiger partial charge on any atom is -0.351 e. The molecule has 0 bridgehead atoms. The Bertz CT molecular complexity index is 1160. The molecule has 3 heterocycles. The molecule has 0 unspecified atom stereocenters. The van der Waals surface area contributed by atoms with Crippen molar-refractivity contribution in [1.29, 1.82) is 0 Å². The Morgan fingerprint density at radius 1 is 1.23 bits per heavy atom. The molecule has 0 aliphatic rings. The second-order valence-electron chi connectivity index (χ2n) is 5.58. The number of rotatable bonds is 5. The molecule has 1 aromatic carbocycles. The number of nitrogens with zero attached hydrogens (tertiary/aromatic N) is 2. The Morgan fingerprint density at radius 2 is 2.08 bits per heavy atom. The van der Waals surface area contributed by atoms with Crippen LogP contribution in [-0.2, 0) is 15.9 Å². The monoisotopic (exact) mass is 423 g/mol. The summed E-state index contributed by atoms with van der Waals surface area (Å²) in [5.74, 6) is 0.168. The third-order valence-electron chi connectivity index (χ3n) is 4.10. The molecule has 9 heteroatoms. The molecule has 134 valence electrons. The van der Waals surface area contributed by atoms with Gasteiger partial charge in [0.05, 0.1) is 22.8 Å². The summed E-state index contributed by atoms with van der Waals surface area (Å²) in [5.41, 5.74) is 2.20. The summed E-state index contributed by atoms with van der Waals surface area (Å²) in [5, 5.41) is 5.44. The van der Waals surface area contributed by atoms with Crippen LogP contribution in [0.1, 0.15) is 4.88 Å². The van der Waals surface area contributed by atoms with Gasteiger partial charge in [0.1, 0.15) is 9.90 Å². The molecule has 5 nitrogen and oxygen atoms in total. The smallest absolute Gasteiger partial charge is 0.265 e. The van der Waals surface area contributed by atoms with E-state index in [-0.39, 0.29) is 10.8 Å². The number of alkyl halides is 1. The molecule has 4 aromatic rings. The third-order valence-corrected chi connectivity index (χ3v) is 8.24. The lowest BCUT2D eigenvalue weighted by atomic mass is 10.2. The number of hydrogen-bond acceptors (Lipinski definition) is 5. The van der Waals surface area contributed by atoms with Gasteiger partial charge in [0.2, 0.25) is 0 Å². The fourth-order valence-corrected chi connectivity index (χ4v) is 6.30. The Kier molecular flexibility index (Phi) is 4.52. The van der Waals surface area contributed by atoms with E-state index in [0.29, 0.717) is 10.6 Å². The molecule has 0 aliphatic heterocycles. The lowest BCUT2D eigenvalue weighted by Gasteiger charge is -2.20. The van der Waals surface area contributed by atoms with Gasteiger partial charge in [-0.05, 0) is 23.6 Å². The fourth-order valence-electron chi connectivity index (χ4n) is 2.81. The third kappa shape index (κ3) is 2.83. The topological polar surface area (TPSA) is 66.1 Å². The number of sulfonamides is 1. The molecular formula is C17H14ClN3O2S3. The van der Waals surface area contributed by atoms with Crippen molar-refractivity contribution in [1.82, 2.24) is 9.97 Å². The van der Waals surface area contributed by atoms with E-state index >= 15 is 0 Å². The first-order valence-electron chi connectivity index (χ1n) is 7.65. The second kappa shape index (κ2) is 6.70. The minimum absolute atomic E-state index is 0.168. The predicted octanol–water partition coefficient (Wildman–Crippen LogP) is 4.92. The summed E-state index contributed by atoms with van der Waals surface area (Å²) in [6.07, 6.45) is 1.74. The number of hydrogen-bond donors (Lipinski definition) is 1. The number of nitrogens with one attached hydrogen (secondary N) is 1. The van der Waals surface area contributed by atoms with Crippen molar-refractivity contribution in [2.75, 3.05) is 11.4 Å². The molecular weight excluding hydrogens is 410 g/mol. The largest absolute Gasteiger partial charge is 0.351 e. The first kappa shape index (κ1) is 17.5. The van der Waals surface area contributed by atoms with Crippen LogP contribution in [0.2, 0.25) is 0 Å². The van der Waals surface area contributed by atoms with Crippen LogP contribution in [0.5, 0.6) is 0 Å². The minimum atomic E-state index is -3.70. The quantitative estimate of drug-likeness (QED) is 0.463. The van der Waals surface area contributed by atoms with E-state index < -0.39 is 10.0 Å². The summed E-state index contributed by atoms with van der Waals surface area (Å²) in [4.78, 5) is 8.52. The van der Waals surface area contributed by atoms with Crippen molar-refractivity contribution in [2.45, 2.75) is 10.8 Å². The molecule has 4 rings (SSSR count). The number of para-hydroxylation sites is 1. The lowest BCUT2D eigenvalue weighted by molar-refractivity contribution is 0.594. The average Bonchev–Trinajstić information content (AvgIpc) is 3.39. The number of fused-ring (bicyclic) bond motifs is 1. The van der Waals surface area contributed by atoms with E-state index in [1.54, 1.807) is 30.8 Å². The van der Waals surface area contributed by atoms with Gasteiger partial charge in [-0.15, -0.1) is 34.3 Å². The van der Waals surface area contributed by atoms with Crippen molar-refractivity contribution in [2.24, 2.45) is 0 Å².